The second-order valence-electron chi connectivity index (χ2n) is 5.37. The van der Waals surface area contributed by atoms with Gasteiger partial charge < -0.3 is 14.4 Å². The van der Waals surface area contributed by atoms with Gasteiger partial charge in [0.05, 0.1) is 0 Å². The Morgan fingerprint density at radius 1 is 1.37 bits per heavy atom. The second-order valence-corrected chi connectivity index (χ2v) is 5.37. The fraction of sp³-hybridized carbons (Fsp3) is 0.625. The molecule has 1 aromatic carbocycles. The molecule has 3 nitrogen and oxygen atoms in total. The highest BCUT2D eigenvalue weighted by molar-refractivity contribution is 5.38. The van der Waals surface area contributed by atoms with E-state index in [9.17, 15) is 0 Å². The molecule has 0 spiro atoms. The first kappa shape index (κ1) is 14.5. The van der Waals surface area contributed by atoms with E-state index in [1.165, 1.54) is 23.1 Å². The van der Waals surface area contributed by atoms with E-state index in [1.54, 1.807) is 7.11 Å². The van der Waals surface area contributed by atoms with Crippen LogP contribution >= 0.6 is 0 Å². The van der Waals surface area contributed by atoms with Gasteiger partial charge in [0, 0.05) is 25.3 Å². The van der Waals surface area contributed by atoms with Crippen molar-refractivity contribution >= 4 is 0 Å². The highest BCUT2D eigenvalue weighted by Gasteiger charge is 2.25. The molecular formula is C16H25NO2. The quantitative estimate of drug-likeness (QED) is 0.763. The van der Waals surface area contributed by atoms with Crippen LogP contribution < -0.4 is 0 Å². The SMILES string of the molecule is CCOC(OC)c1cccc2c1CC(N(C)C)CC2. The topological polar surface area (TPSA) is 21.7 Å². The molecule has 1 aliphatic carbocycles. The number of nitrogens with zero attached hydrogens (tertiary/aromatic N) is 1. The maximum Gasteiger partial charge on any atom is 0.183 e. The van der Waals surface area contributed by atoms with Gasteiger partial charge in [-0.2, -0.15) is 0 Å². The predicted molar refractivity (Wildman–Crippen MR) is 77.3 cm³/mol. The van der Waals surface area contributed by atoms with Crippen LogP contribution in [0.5, 0.6) is 0 Å². The van der Waals surface area contributed by atoms with Crippen LogP contribution in [0, 0.1) is 0 Å². The summed E-state index contributed by atoms with van der Waals surface area (Å²) in [6.07, 6.45) is 3.23. The van der Waals surface area contributed by atoms with Gasteiger partial charge in [-0.1, -0.05) is 18.2 Å². The molecule has 0 amide bonds. The van der Waals surface area contributed by atoms with Crippen molar-refractivity contribution in [3.05, 3.63) is 34.9 Å². The van der Waals surface area contributed by atoms with Gasteiger partial charge in [-0.25, -0.2) is 0 Å². The largest absolute Gasteiger partial charge is 0.352 e. The molecule has 0 bridgehead atoms. The number of aryl methyl sites for hydroxylation is 1. The number of hydrogen-bond donors (Lipinski definition) is 0. The predicted octanol–water partition coefficient (Wildman–Crippen LogP) is 2.79. The Labute approximate surface area is 116 Å². The van der Waals surface area contributed by atoms with E-state index in [-0.39, 0.29) is 6.29 Å². The Morgan fingerprint density at radius 3 is 2.79 bits per heavy atom. The van der Waals surface area contributed by atoms with E-state index < -0.39 is 0 Å². The average molecular weight is 263 g/mol. The Kier molecular flexibility index (Phi) is 4.97. The molecule has 3 heteroatoms. The highest BCUT2D eigenvalue weighted by atomic mass is 16.7. The van der Waals surface area contributed by atoms with Crippen LogP contribution in [-0.4, -0.2) is 38.8 Å². The van der Waals surface area contributed by atoms with E-state index in [2.05, 4.69) is 37.2 Å². The minimum absolute atomic E-state index is 0.235. The van der Waals surface area contributed by atoms with Gasteiger partial charge in [0.2, 0.25) is 0 Å². The smallest absolute Gasteiger partial charge is 0.183 e. The van der Waals surface area contributed by atoms with Gasteiger partial charge in [0.25, 0.3) is 0 Å². The minimum atomic E-state index is -0.235. The van der Waals surface area contributed by atoms with Crippen molar-refractivity contribution < 1.29 is 9.47 Å². The van der Waals surface area contributed by atoms with Gasteiger partial charge >= 0.3 is 0 Å². The van der Waals surface area contributed by atoms with Crippen LogP contribution in [0.3, 0.4) is 0 Å². The molecule has 0 fully saturated rings. The fourth-order valence-electron chi connectivity index (χ4n) is 2.90. The molecular weight excluding hydrogens is 238 g/mol. The summed E-state index contributed by atoms with van der Waals surface area (Å²) in [5.74, 6) is 0. The molecule has 0 aliphatic heterocycles. The van der Waals surface area contributed by atoms with Crippen molar-refractivity contribution in [3.8, 4) is 0 Å². The summed E-state index contributed by atoms with van der Waals surface area (Å²) in [5.41, 5.74) is 4.08. The molecule has 2 rings (SSSR count). The van der Waals surface area contributed by atoms with Crippen LogP contribution in [0.25, 0.3) is 0 Å². The lowest BCUT2D eigenvalue weighted by atomic mass is 9.84. The maximum atomic E-state index is 5.70. The Morgan fingerprint density at radius 2 is 2.16 bits per heavy atom. The maximum absolute atomic E-state index is 5.70. The van der Waals surface area contributed by atoms with Gasteiger partial charge in [-0.3, -0.25) is 0 Å². The summed E-state index contributed by atoms with van der Waals surface area (Å²) < 4.78 is 11.2. The van der Waals surface area contributed by atoms with Crippen molar-refractivity contribution in [1.82, 2.24) is 4.90 Å². The van der Waals surface area contributed by atoms with E-state index in [4.69, 9.17) is 9.47 Å². The zero-order chi connectivity index (χ0) is 13.8. The van der Waals surface area contributed by atoms with Crippen molar-refractivity contribution in [3.63, 3.8) is 0 Å². The number of rotatable bonds is 5. The Balaban J connectivity index is 2.31. The summed E-state index contributed by atoms with van der Waals surface area (Å²) in [7, 11) is 6.04. The first-order chi connectivity index (χ1) is 9.17. The third-order valence-electron chi connectivity index (χ3n) is 4.01. The van der Waals surface area contributed by atoms with Crippen molar-refractivity contribution in [2.75, 3.05) is 27.8 Å². The molecule has 0 heterocycles. The fourth-order valence-corrected chi connectivity index (χ4v) is 2.90. The zero-order valence-corrected chi connectivity index (χ0v) is 12.5. The number of likely N-dealkylation sites (N-methyl/N-ethyl adjacent to an activating group) is 1. The van der Waals surface area contributed by atoms with Gasteiger partial charge in [-0.15, -0.1) is 0 Å². The Bertz CT molecular complexity index is 417. The van der Waals surface area contributed by atoms with Crippen LogP contribution in [-0.2, 0) is 22.3 Å². The molecule has 0 radical (unpaired) electrons. The van der Waals surface area contributed by atoms with Crippen LogP contribution in [0.15, 0.2) is 18.2 Å². The highest BCUT2D eigenvalue weighted by Crippen LogP contribution is 2.31. The number of benzene rings is 1. The zero-order valence-electron chi connectivity index (χ0n) is 12.5. The van der Waals surface area contributed by atoms with E-state index in [0.29, 0.717) is 12.6 Å². The molecule has 0 saturated carbocycles. The second kappa shape index (κ2) is 6.51. The third kappa shape index (κ3) is 3.16. The number of ether oxygens (including phenoxy) is 2. The van der Waals surface area contributed by atoms with Crippen molar-refractivity contribution in [1.29, 1.82) is 0 Å². The third-order valence-corrected chi connectivity index (χ3v) is 4.01. The lowest BCUT2D eigenvalue weighted by molar-refractivity contribution is -0.124. The molecule has 2 unspecified atom stereocenters. The molecule has 0 aromatic heterocycles. The standard InChI is InChI=1S/C16H25NO2/c1-5-19-16(18-4)14-8-6-7-12-9-10-13(17(2)3)11-15(12)14/h6-8,13,16H,5,9-11H2,1-4H3. The molecule has 2 atom stereocenters. The molecule has 1 aliphatic rings. The molecule has 0 saturated heterocycles. The monoisotopic (exact) mass is 263 g/mol. The first-order valence-corrected chi connectivity index (χ1v) is 7.08. The first-order valence-electron chi connectivity index (χ1n) is 7.08. The summed E-state index contributed by atoms with van der Waals surface area (Å²) in [4.78, 5) is 2.32. The van der Waals surface area contributed by atoms with Gasteiger partial charge in [0.1, 0.15) is 0 Å². The van der Waals surface area contributed by atoms with E-state index >= 15 is 0 Å². The lowest BCUT2D eigenvalue weighted by Gasteiger charge is -2.32. The molecule has 0 N–H and O–H groups in total. The minimum Gasteiger partial charge on any atom is -0.352 e. The van der Waals surface area contributed by atoms with Crippen LogP contribution in [0.1, 0.15) is 36.3 Å². The summed E-state index contributed by atoms with van der Waals surface area (Å²) >= 11 is 0. The van der Waals surface area contributed by atoms with Gasteiger partial charge in [0.15, 0.2) is 6.29 Å². The lowest BCUT2D eigenvalue weighted by Crippen LogP contribution is -2.34. The summed E-state index contributed by atoms with van der Waals surface area (Å²) in [5, 5.41) is 0. The average Bonchev–Trinajstić information content (AvgIpc) is 2.43. The normalized spacial score (nSPS) is 20.4. The number of methoxy groups -OCH3 is 1. The molecule has 106 valence electrons. The molecule has 19 heavy (non-hydrogen) atoms. The summed E-state index contributed by atoms with van der Waals surface area (Å²) in [6, 6.07) is 7.12. The molecule has 1 aromatic rings. The van der Waals surface area contributed by atoms with E-state index in [0.717, 1.165) is 12.8 Å². The number of fused-ring (bicyclic) bond motifs is 1. The van der Waals surface area contributed by atoms with Crippen molar-refractivity contribution in [2.45, 2.75) is 38.5 Å². The van der Waals surface area contributed by atoms with Gasteiger partial charge in [-0.05, 0) is 51.4 Å². The number of hydrogen-bond acceptors (Lipinski definition) is 3. The van der Waals surface area contributed by atoms with Crippen molar-refractivity contribution in [2.24, 2.45) is 0 Å². The van der Waals surface area contributed by atoms with Crippen LogP contribution in [0.2, 0.25) is 0 Å². The Hall–Kier alpha value is -0.900. The van der Waals surface area contributed by atoms with E-state index in [1.807, 2.05) is 6.92 Å². The van der Waals surface area contributed by atoms with Crippen LogP contribution in [0.4, 0.5) is 0 Å². The summed E-state index contributed by atoms with van der Waals surface area (Å²) in [6.45, 7) is 2.67.